The van der Waals surface area contributed by atoms with E-state index in [-0.39, 0.29) is 23.9 Å². The maximum Gasteiger partial charge on any atom is 0.409 e. The third-order valence-electron chi connectivity index (χ3n) is 5.77. The number of nitrogens with zero attached hydrogens (tertiary/aromatic N) is 3. The molecule has 0 spiro atoms. The molecular formula is C20H30N4O4S. The fourth-order valence-corrected chi connectivity index (χ4v) is 5.46. The van der Waals surface area contributed by atoms with Gasteiger partial charge in [0, 0.05) is 50.8 Å². The molecule has 0 radical (unpaired) electrons. The number of aromatic nitrogens is 1. The summed E-state index contributed by atoms with van der Waals surface area (Å²) < 4.78 is 4.79. The number of methoxy groups -OCH3 is 1. The molecule has 1 aliphatic heterocycles. The van der Waals surface area contributed by atoms with Crippen molar-refractivity contribution in [1.29, 1.82) is 0 Å². The fourth-order valence-electron chi connectivity index (χ4n) is 4.34. The number of likely N-dealkylation sites (tertiary alicyclic amines) is 1. The van der Waals surface area contributed by atoms with Gasteiger partial charge in [-0.3, -0.25) is 9.59 Å². The summed E-state index contributed by atoms with van der Waals surface area (Å²) in [5.74, 6) is 0.464. The van der Waals surface area contributed by atoms with E-state index < -0.39 is 0 Å². The molecule has 1 saturated heterocycles. The first-order valence-electron chi connectivity index (χ1n) is 10.2. The zero-order valence-corrected chi connectivity index (χ0v) is 18.2. The number of nitrogens with one attached hydrogen (secondary N) is 1. The SMILES string of the molecule is COC(=O)N1CCC(CCCN(C(C)=O)C2CCc3nc(NC(C)=O)sc3C2)C1. The summed E-state index contributed by atoms with van der Waals surface area (Å²) in [7, 11) is 1.41. The molecule has 2 aliphatic rings. The second kappa shape index (κ2) is 9.56. The maximum atomic E-state index is 12.3. The first-order chi connectivity index (χ1) is 13.9. The van der Waals surface area contributed by atoms with Crippen molar-refractivity contribution in [3.63, 3.8) is 0 Å². The van der Waals surface area contributed by atoms with Crippen LogP contribution in [-0.4, -0.2) is 65.5 Å². The summed E-state index contributed by atoms with van der Waals surface area (Å²) in [5, 5.41) is 3.41. The summed E-state index contributed by atoms with van der Waals surface area (Å²) in [4.78, 5) is 44.6. The minimum atomic E-state index is -0.251. The van der Waals surface area contributed by atoms with E-state index in [1.165, 1.54) is 30.2 Å². The summed E-state index contributed by atoms with van der Waals surface area (Å²) in [6, 6.07) is 0.181. The topological polar surface area (TPSA) is 91.8 Å². The van der Waals surface area contributed by atoms with Crippen molar-refractivity contribution in [2.75, 3.05) is 32.1 Å². The van der Waals surface area contributed by atoms with Crippen LogP contribution in [0.4, 0.5) is 9.93 Å². The zero-order chi connectivity index (χ0) is 21.0. The molecule has 2 heterocycles. The van der Waals surface area contributed by atoms with E-state index in [0.717, 1.165) is 63.9 Å². The lowest BCUT2D eigenvalue weighted by atomic mass is 9.95. The Bertz CT molecular complexity index is 766. The summed E-state index contributed by atoms with van der Waals surface area (Å²) in [6.45, 7) is 5.35. The highest BCUT2D eigenvalue weighted by Crippen LogP contribution is 2.32. The van der Waals surface area contributed by atoms with Crippen molar-refractivity contribution in [2.24, 2.45) is 5.92 Å². The highest BCUT2D eigenvalue weighted by atomic mass is 32.1. The third-order valence-corrected chi connectivity index (χ3v) is 6.81. The first-order valence-corrected chi connectivity index (χ1v) is 11.0. The van der Waals surface area contributed by atoms with Gasteiger partial charge in [-0.15, -0.1) is 11.3 Å². The monoisotopic (exact) mass is 422 g/mol. The molecule has 1 aliphatic carbocycles. The molecule has 0 aromatic carbocycles. The molecule has 29 heavy (non-hydrogen) atoms. The Labute approximate surface area is 175 Å². The van der Waals surface area contributed by atoms with Gasteiger partial charge in [-0.05, 0) is 38.0 Å². The number of thiazole rings is 1. The van der Waals surface area contributed by atoms with E-state index in [1.54, 1.807) is 11.8 Å². The standard InChI is InChI=1S/C20H30N4O4S/c1-13(25)21-19-22-17-7-6-16(11-18(17)29-19)24(14(2)26)9-4-5-15-8-10-23(12-15)20(27)28-3/h15-16H,4-12H2,1-3H3,(H,21,22,25). The van der Waals surface area contributed by atoms with Gasteiger partial charge in [0.15, 0.2) is 5.13 Å². The van der Waals surface area contributed by atoms with Gasteiger partial charge < -0.3 is 19.9 Å². The molecule has 3 amide bonds. The van der Waals surface area contributed by atoms with Crippen LogP contribution in [0, 0.1) is 5.92 Å². The van der Waals surface area contributed by atoms with Crippen molar-refractivity contribution in [3.8, 4) is 0 Å². The van der Waals surface area contributed by atoms with Gasteiger partial charge in [-0.2, -0.15) is 0 Å². The van der Waals surface area contributed by atoms with Gasteiger partial charge in [0.2, 0.25) is 11.8 Å². The Hall–Kier alpha value is -2.16. The van der Waals surface area contributed by atoms with Crippen LogP contribution in [0.15, 0.2) is 0 Å². The van der Waals surface area contributed by atoms with Gasteiger partial charge >= 0.3 is 6.09 Å². The number of carbonyl (C=O) groups excluding carboxylic acids is 3. The van der Waals surface area contributed by atoms with Crippen LogP contribution in [0.3, 0.4) is 0 Å². The van der Waals surface area contributed by atoms with Crippen LogP contribution in [-0.2, 0) is 27.2 Å². The quantitative estimate of drug-likeness (QED) is 0.761. The van der Waals surface area contributed by atoms with Crippen LogP contribution in [0.1, 0.15) is 50.1 Å². The largest absolute Gasteiger partial charge is 0.453 e. The normalized spacial score (nSPS) is 20.9. The summed E-state index contributed by atoms with van der Waals surface area (Å²) in [6.07, 6.45) is 5.20. The van der Waals surface area contributed by atoms with Crippen molar-refractivity contribution in [1.82, 2.24) is 14.8 Å². The Balaban J connectivity index is 1.51. The number of fused-ring (bicyclic) bond motifs is 1. The van der Waals surface area contributed by atoms with Crippen molar-refractivity contribution in [3.05, 3.63) is 10.6 Å². The van der Waals surface area contributed by atoms with Crippen molar-refractivity contribution >= 4 is 34.4 Å². The molecule has 1 fully saturated rings. The number of amides is 3. The second-order valence-corrected chi connectivity index (χ2v) is 8.98. The van der Waals surface area contributed by atoms with E-state index in [2.05, 4.69) is 10.3 Å². The number of carbonyl (C=O) groups is 3. The van der Waals surface area contributed by atoms with Gasteiger partial charge in [0.1, 0.15) is 0 Å². The predicted molar refractivity (Wildman–Crippen MR) is 111 cm³/mol. The summed E-state index contributed by atoms with van der Waals surface area (Å²) in [5.41, 5.74) is 1.05. The predicted octanol–water partition coefficient (Wildman–Crippen LogP) is 2.68. The molecule has 0 bridgehead atoms. The molecule has 2 unspecified atom stereocenters. The lowest BCUT2D eigenvalue weighted by Gasteiger charge is -2.33. The third kappa shape index (κ3) is 5.46. The van der Waals surface area contributed by atoms with Gasteiger partial charge in [0.05, 0.1) is 12.8 Å². The number of aryl methyl sites for hydroxylation is 1. The van der Waals surface area contributed by atoms with Crippen LogP contribution >= 0.6 is 11.3 Å². The molecule has 0 saturated carbocycles. The fraction of sp³-hybridized carbons (Fsp3) is 0.700. The Kier molecular flexibility index (Phi) is 7.10. The molecule has 3 rings (SSSR count). The summed E-state index contributed by atoms with van der Waals surface area (Å²) >= 11 is 1.52. The Morgan fingerprint density at radius 3 is 2.79 bits per heavy atom. The molecule has 9 heteroatoms. The van der Waals surface area contributed by atoms with E-state index in [4.69, 9.17) is 4.74 Å². The van der Waals surface area contributed by atoms with Crippen molar-refractivity contribution in [2.45, 2.75) is 58.4 Å². The average molecular weight is 423 g/mol. The van der Waals surface area contributed by atoms with Gasteiger partial charge in [-0.1, -0.05) is 0 Å². The van der Waals surface area contributed by atoms with E-state index in [9.17, 15) is 14.4 Å². The number of rotatable bonds is 6. The highest BCUT2D eigenvalue weighted by molar-refractivity contribution is 7.15. The molecule has 1 aromatic heterocycles. The zero-order valence-electron chi connectivity index (χ0n) is 17.4. The number of ether oxygens (including phenoxy) is 1. The highest BCUT2D eigenvalue weighted by Gasteiger charge is 2.30. The lowest BCUT2D eigenvalue weighted by Crippen LogP contribution is -2.42. The second-order valence-electron chi connectivity index (χ2n) is 7.89. The van der Waals surface area contributed by atoms with Crippen molar-refractivity contribution < 1.29 is 19.1 Å². The van der Waals surface area contributed by atoms with Crippen LogP contribution in [0.25, 0.3) is 0 Å². The molecular weight excluding hydrogens is 392 g/mol. The molecule has 1 N–H and O–H groups in total. The Morgan fingerprint density at radius 2 is 2.10 bits per heavy atom. The smallest absolute Gasteiger partial charge is 0.409 e. The molecule has 160 valence electrons. The molecule has 8 nitrogen and oxygen atoms in total. The number of anilines is 1. The minimum absolute atomic E-state index is 0.104. The minimum Gasteiger partial charge on any atom is -0.453 e. The average Bonchev–Trinajstić information content (AvgIpc) is 3.29. The first kappa shape index (κ1) is 21.5. The van der Waals surface area contributed by atoms with Crippen LogP contribution in [0.2, 0.25) is 0 Å². The van der Waals surface area contributed by atoms with Gasteiger partial charge in [-0.25, -0.2) is 9.78 Å². The van der Waals surface area contributed by atoms with Gasteiger partial charge in [0.25, 0.3) is 0 Å². The number of hydrogen-bond acceptors (Lipinski definition) is 6. The molecule has 2 atom stereocenters. The van der Waals surface area contributed by atoms with Crippen LogP contribution < -0.4 is 5.32 Å². The lowest BCUT2D eigenvalue weighted by molar-refractivity contribution is -0.131. The molecule has 1 aromatic rings. The van der Waals surface area contributed by atoms with E-state index in [1.807, 2.05) is 4.90 Å². The van der Waals surface area contributed by atoms with Crippen LogP contribution in [0.5, 0.6) is 0 Å². The number of hydrogen-bond donors (Lipinski definition) is 1. The Morgan fingerprint density at radius 1 is 1.31 bits per heavy atom. The van der Waals surface area contributed by atoms with E-state index >= 15 is 0 Å². The maximum absolute atomic E-state index is 12.3. The van der Waals surface area contributed by atoms with E-state index in [0.29, 0.717) is 11.0 Å².